The fourth-order valence-corrected chi connectivity index (χ4v) is 3.70. The number of aliphatic hydroxyl groups excluding tert-OH is 1. The molecule has 5 nitrogen and oxygen atoms in total. The van der Waals surface area contributed by atoms with E-state index in [4.69, 9.17) is 4.52 Å². The summed E-state index contributed by atoms with van der Waals surface area (Å²) in [5.41, 5.74) is 0. The summed E-state index contributed by atoms with van der Waals surface area (Å²) in [6.45, 7) is 5.96. The van der Waals surface area contributed by atoms with Crippen LogP contribution in [-0.2, 0) is 6.54 Å². The summed E-state index contributed by atoms with van der Waals surface area (Å²) in [7, 11) is 0. The third-order valence-electron chi connectivity index (χ3n) is 4.76. The minimum absolute atomic E-state index is 0.114. The van der Waals surface area contributed by atoms with E-state index < -0.39 is 0 Å². The van der Waals surface area contributed by atoms with Crippen LogP contribution in [0.5, 0.6) is 0 Å². The summed E-state index contributed by atoms with van der Waals surface area (Å²) in [5, 5.41) is 14.2. The first kappa shape index (κ1) is 14.0. The van der Waals surface area contributed by atoms with Crippen LogP contribution in [0.1, 0.15) is 63.6 Å². The number of aromatic nitrogens is 2. The second kappa shape index (κ2) is 5.82. The number of hydrogen-bond donors (Lipinski definition) is 1. The normalized spacial score (nSPS) is 31.5. The van der Waals surface area contributed by atoms with Crippen molar-refractivity contribution in [3.63, 3.8) is 0 Å². The molecule has 0 radical (unpaired) electrons. The zero-order valence-corrected chi connectivity index (χ0v) is 12.5. The number of nitrogens with zero attached hydrogens (tertiary/aromatic N) is 3. The van der Waals surface area contributed by atoms with E-state index in [1.54, 1.807) is 0 Å². The van der Waals surface area contributed by atoms with E-state index >= 15 is 0 Å². The SMILES string of the molecule is CC(C)c1nc(CN2CCCC2C2CCCC2O)no1. The summed E-state index contributed by atoms with van der Waals surface area (Å²) in [6, 6.07) is 0.494. The Labute approximate surface area is 120 Å². The largest absolute Gasteiger partial charge is 0.393 e. The molecule has 0 spiro atoms. The highest BCUT2D eigenvalue weighted by molar-refractivity contribution is 4.96. The Bertz CT molecular complexity index is 446. The van der Waals surface area contributed by atoms with Crippen LogP contribution in [0.15, 0.2) is 4.52 Å². The summed E-state index contributed by atoms with van der Waals surface area (Å²) in [4.78, 5) is 6.91. The molecule has 5 heteroatoms. The van der Waals surface area contributed by atoms with Gasteiger partial charge in [0.05, 0.1) is 12.6 Å². The molecule has 1 aromatic heterocycles. The van der Waals surface area contributed by atoms with E-state index in [1.165, 1.54) is 12.8 Å². The minimum Gasteiger partial charge on any atom is -0.393 e. The molecule has 2 heterocycles. The van der Waals surface area contributed by atoms with Crippen molar-refractivity contribution in [2.24, 2.45) is 5.92 Å². The van der Waals surface area contributed by atoms with Gasteiger partial charge in [0.15, 0.2) is 5.82 Å². The van der Waals surface area contributed by atoms with Crippen LogP contribution < -0.4 is 0 Å². The minimum atomic E-state index is -0.114. The van der Waals surface area contributed by atoms with Gasteiger partial charge in [0.25, 0.3) is 0 Å². The summed E-state index contributed by atoms with van der Waals surface area (Å²) in [6.07, 6.45) is 5.58. The second-order valence-electron chi connectivity index (χ2n) is 6.55. The molecule has 0 bridgehead atoms. The molecule has 1 saturated carbocycles. The maximum atomic E-state index is 10.1. The Balaban J connectivity index is 1.66. The Kier molecular flexibility index (Phi) is 4.08. The molecule has 112 valence electrons. The average Bonchev–Trinajstić information content (AvgIpc) is 3.10. The van der Waals surface area contributed by atoms with Gasteiger partial charge in [-0.15, -0.1) is 0 Å². The first-order valence-corrected chi connectivity index (χ1v) is 7.89. The highest BCUT2D eigenvalue weighted by atomic mass is 16.5. The van der Waals surface area contributed by atoms with Crippen molar-refractivity contribution in [1.29, 1.82) is 0 Å². The molecule has 0 aromatic carbocycles. The highest BCUT2D eigenvalue weighted by Crippen LogP contribution is 2.36. The molecule has 1 aliphatic heterocycles. The first-order valence-electron chi connectivity index (χ1n) is 7.89. The topological polar surface area (TPSA) is 62.4 Å². The fourth-order valence-electron chi connectivity index (χ4n) is 3.70. The third kappa shape index (κ3) is 2.74. The van der Waals surface area contributed by atoms with Crippen LogP contribution >= 0.6 is 0 Å². The van der Waals surface area contributed by atoms with E-state index in [9.17, 15) is 5.11 Å². The van der Waals surface area contributed by atoms with Crippen molar-refractivity contribution >= 4 is 0 Å². The van der Waals surface area contributed by atoms with Crippen molar-refractivity contribution in [2.45, 2.75) is 70.6 Å². The smallest absolute Gasteiger partial charge is 0.229 e. The van der Waals surface area contributed by atoms with E-state index in [2.05, 4.69) is 28.9 Å². The maximum Gasteiger partial charge on any atom is 0.229 e. The van der Waals surface area contributed by atoms with Crippen LogP contribution in [0.25, 0.3) is 0 Å². The molecular formula is C15H25N3O2. The monoisotopic (exact) mass is 279 g/mol. The van der Waals surface area contributed by atoms with Crippen molar-refractivity contribution in [1.82, 2.24) is 15.0 Å². The lowest BCUT2D eigenvalue weighted by atomic mass is 9.94. The zero-order valence-electron chi connectivity index (χ0n) is 12.5. The van der Waals surface area contributed by atoms with Gasteiger partial charge in [-0.25, -0.2) is 0 Å². The van der Waals surface area contributed by atoms with Crippen LogP contribution in [0.3, 0.4) is 0 Å². The van der Waals surface area contributed by atoms with Crippen molar-refractivity contribution in [2.75, 3.05) is 6.54 Å². The molecule has 1 N–H and O–H groups in total. The van der Waals surface area contributed by atoms with E-state index in [0.29, 0.717) is 12.0 Å². The van der Waals surface area contributed by atoms with Gasteiger partial charge in [0.2, 0.25) is 5.89 Å². The van der Waals surface area contributed by atoms with Gasteiger partial charge < -0.3 is 9.63 Å². The molecular weight excluding hydrogens is 254 g/mol. The van der Waals surface area contributed by atoms with Crippen LogP contribution in [0, 0.1) is 5.92 Å². The van der Waals surface area contributed by atoms with E-state index in [-0.39, 0.29) is 12.0 Å². The Hall–Kier alpha value is -0.940. The number of likely N-dealkylation sites (tertiary alicyclic amines) is 1. The molecule has 1 saturated heterocycles. The van der Waals surface area contributed by atoms with Gasteiger partial charge in [-0.2, -0.15) is 4.98 Å². The lowest BCUT2D eigenvalue weighted by Crippen LogP contribution is -2.38. The molecule has 20 heavy (non-hydrogen) atoms. The molecule has 2 aliphatic rings. The predicted molar refractivity (Wildman–Crippen MR) is 75.2 cm³/mol. The van der Waals surface area contributed by atoms with Crippen LogP contribution in [0.4, 0.5) is 0 Å². The molecule has 0 amide bonds. The fraction of sp³-hybridized carbons (Fsp3) is 0.867. The van der Waals surface area contributed by atoms with Crippen molar-refractivity contribution in [3.8, 4) is 0 Å². The molecule has 3 rings (SSSR count). The quantitative estimate of drug-likeness (QED) is 0.916. The lowest BCUT2D eigenvalue weighted by molar-refractivity contribution is 0.0706. The zero-order chi connectivity index (χ0) is 14.1. The van der Waals surface area contributed by atoms with Crippen LogP contribution in [-0.4, -0.2) is 38.8 Å². The standard InChI is InChI=1S/C15H25N3O2/c1-10(2)15-16-14(17-20-15)9-18-8-4-6-12(18)11-5-3-7-13(11)19/h10-13,19H,3-9H2,1-2H3. The summed E-state index contributed by atoms with van der Waals surface area (Å²) < 4.78 is 5.28. The van der Waals surface area contributed by atoms with Gasteiger partial charge in [0, 0.05) is 17.9 Å². The van der Waals surface area contributed by atoms with E-state index in [1.807, 2.05) is 0 Å². The van der Waals surface area contributed by atoms with Gasteiger partial charge in [0.1, 0.15) is 0 Å². The van der Waals surface area contributed by atoms with Crippen molar-refractivity contribution in [3.05, 3.63) is 11.7 Å². The highest BCUT2D eigenvalue weighted by Gasteiger charge is 2.38. The van der Waals surface area contributed by atoms with Gasteiger partial charge in [-0.1, -0.05) is 25.4 Å². The Morgan fingerprint density at radius 1 is 1.30 bits per heavy atom. The molecule has 3 unspecified atom stereocenters. The number of rotatable bonds is 4. The summed E-state index contributed by atoms with van der Waals surface area (Å²) in [5.74, 6) is 2.22. The van der Waals surface area contributed by atoms with Gasteiger partial charge in [-0.05, 0) is 32.2 Å². The summed E-state index contributed by atoms with van der Waals surface area (Å²) >= 11 is 0. The molecule has 1 aliphatic carbocycles. The van der Waals surface area contributed by atoms with E-state index in [0.717, 1.165) is 44.1 Å². The Morgan fingerprint density at radius 2 is 2.15 bits per heavy atom. The third-order valence-corrected chi connectivity index (χ3v) is 4.76. The first-order chi connectivity index (χ1) is 9.65. The predicted octanol–water partition coefficient (Wildman–Crippen LogP) is 2.32. The van der Waals surface area contributed by atoms with Crippen molar-refractivity contribution < 1.29 is 9.63 Å². The molecule has 2 fully saturated rings. The van der Waals surface area contributed by atoms with Gasteiger partial charge in [-0.3, -0.25) is 4.90 Å². The number of hydrogen-bond acceptors (Lipinski definition) is 5. The molecule has 3 atom stereocenters. The van der Waals surface area contributed by atoms with Gasteiger partial charge >= 0.3 is 0 Å². The number of aliphatic hydroxyl groups is 1. The lowest BCUT2D eigenvalue weighted by Gasteiger charge is -2.30. The maximum absolute atomic E-state index is 10.1. The van der Waals surface area contributed by atoms with Crippen LogP contribution in [0.2, 0.25) is 0 Å². The average molecular weight is 279 g/mol. The Morgan fingerprint density at radius 3 is 2.80 bits per heavy atom. The second-order valence-corrected chi connectivity index (χ2v) is 6.55. The molecule has 1 aromatic rings.